The largest absolute Gasteiger partial charge is 0.359 e. The Bertz CT molecular complexity index is 320. The Morgan fingerprint density at radius 3 is 2.89 bits per heavy atom. The molecule has 0 aromatic rings. The van der Waals surface area contributed by atoms with E-state index in [4.69, 9.17) is 4.99 Å². The molecule has 102 valence electrons. The molecule has 1 N–H and O–H groups in total. The fourth-order valence-electron chi connectivity index (χ4n) is 3.85. The highest BCUT2D eigenvalue weighted by Gasteiger charge is 2.39. The highest BCUT2D eigenvalue weighted by atomic mass is 32.2. The Morgan fingerprint density at radius 1 is 1.28 bits per heavy atom. The predicted molar refractivity (Wildman–Crippen MR) is 80.2 cm³/mol. The number of thioether (sulfide) groups is 1. The minimum absolute atomic E-state index is 0.434. The Hall–Kier alpha value is -0.180. The Labute approximate surface area is 115 Å². The van der Waals surface area contributed by atoms with Crippen molar-refractivity contribution in [1.29, 1.82) is 0 Å². The number of hydrogen-bond donors (Lipinski definition) is 1. The molecule has 2 atom stereocenters. The molecule has 1 spiro atoms. The zero-order chi connectivity index (χ0) is 12.4. The average molecular weight is 266 g/mol. The molecule has 2 saturated carbocycles. The van der Waals surface area contributed by atoms with E-state index in [9.17, 15) is 0 Å². The summed E-state index contributed by atoms with van der Waals surface area (Å²) in [5.41, 5.74) is 0.434. The van der Waals surface area contributed by atoms with Gasteiger partial charge in [0.1, 0.15) is 0 Å². The van der Waals surface area contributed by atoms with Gasteiger partial charge in [-0.25, -0.2) is 0 Å². The minimum Gasteiger partial charge on any atom is -0.359 e. The molecule has 3 heteroatoms. The van der Waals surface area contributed by atoms with E-state index in [1.807, 2.05) is 11.8 Å². The number of hydrogen-bond acceptors (Lipinski definition) is 2. The van der Waals surface area contributed by atoms with Crippen molar-refractivity contribution in [2.45, 2.75) is 63.8 Å². The van der Waals surface area contributed by atoms with Gasteiger partial charge in [0.15, 0.2) is 5.17 Å². The third kappa shape index (κ3) is 2.87. The Kier molecular flexibility index (Phi) is 3.88. The lowest BCUT2D eigenvalue weighted by Gasteiger charge is -2.25. The highest BCUT2D eigenvalue weighted by Crippen LogP contribution is 2.37. The molecule has 18 heavy (non-hydrogen) atoms. The lowest BCUT2D eigenvalue weighted by Crippen LogP contribution is -2.40. The van der Waals surface area contributed by atoms with Gasteiger partial charge in [0.05, 0.1) is 0 Å². The molecule has 0 radical (unpaired) electrons. The summed E-state index contributed by atoms with van der Waals surface area (Å²) in [5, 5.41) is 4.98. The molecule has 2 aliphatic carbocycles. The number of nitrogens with zero attached hydrogens (tertiary/aromatic N) is 1. The van der Waals surface area contributed by atoms with Crippen LogP contribution in [0.1, 0.15) is 58.3 Å². The molecule has 0 aromatic carbocycles. The van der Waals surface area contributed by atoms with Gasteiger partial charge in [-0.1, -0.05) is 44.4 Å². The summed E-state index contributed by atoms with van der Waals surface area (Å²) in [6.45, 7) is 3.46. The summed E-state index contributed by atoms with van der Waals surface area (Å²) >= 11 is 1.97. The summed E-state index contributed by atoms with van der Waals surface area (Å²) in [7, 11) is 0. The van der Waals surface area contributed by atoms with Crippen LogP contribution >= 0.6 is 11.8 Å². The van der Waals surface area contributed by atoms with E-state index in [1.165, 1.54) is 62.3 Å². The van der Waals surface area contributed by atoms with Crippen LogP contribution in [0.5, 0.6) is 0 Å². The molecule has 3 rings (SSSR count). The van der Waals surface area contributed by atoms with Crippen molar-refractivity contribution in [3.63, 3.8) is 0 Å². The number of rotatable bonds is 2. The minimum atomic E-state index is 0.434. The summed E-state index contributed by atoms with van der Waals surface area (Å²) in [5.74, 6) is 3.03. The highest BCUT2D eigenvalue weighted by molar-refractivity contribution is 8.14. The summed E-state index contributed by atoms with van der Waals surface area (Å²) in [6.07, 6.45) is 11.2. The van der Waals surface area contributed by atoms with Crippen LogP contribution in [0, 0.1) is 11.8 Å². The lowest BCUT2D eigenvalue weighted by molar-refractivity contribution is 0.289. The first-order chi connectivity index (χ1) is 8.76. The summed E-state index contributed by atoms with van der Waals surface area (Å²) in [6, 6.07) is 0. The van der Waals surface area contributed by atoms with E-state index in [-0.39, 0.29) is 0 Å². The van der Waals surface area contributed by atoms with Gasteiger partial charge in [-0.15, -0.1) is 0 Å². The summed E-state index contributed by atoms with van der Waals surface area (Å²) < 4.78 is 0. The normalized spacial score (nSPS) is 37.3. The van der Waals surface area contributed by atoms with Crippen LogP contribution in [0.3, 0.4) is 0 Å². The molecule has 1 saturated heterocycles. The van der Waals surface area contributed by atoms with Crippen LogP contribution in [-0.4, -0.2) is 23.0 Å². The van der Waals surface area contributed by atoms with Crippen molar-refractivity contribution in [3.8, 4) is 0 Å². The SMILES string of the molecule is CC1CCCC(CN=C2NC3(CCCC3)CS2)C1. The average Bonchev–Trinajstić information content (AvgIpc) is 2.98. The van der Waals surface area contributed by atoms with Crippen LogP contribution in [0.2, 0.25) is 0 Å². The third-order valence-electron chi connectivity index (χ3n) is 4.96. The number of nitrogens with one attached hydrogen (secondary N) is 1. The van der Waals surface area contributed by atoms with Crippen LogP contribution in [0.15, 0.2) is 4.99 Å². The fourth-order valence-corrected chi connectivity index (χ4v) is 5.08. The predicted octanol–water partition coefficient (Wildman–Crippen LogP) is 3.82. The first kappa shape index (κ1) is 12.8. The number of aliphatic imine (C=N–C) groups is 1. The maximum Gasteiger partial charge on any atom is 0.157 e. The van der Waals surface area contributed by atoms with Gasteiger partial charge in [0.25, 0.3) is 0 Å². The first-order valence-electron chi connectivity index (χ1n) is 7.71. The van der Waals surface area contributed by atoms with Gasteiger partial charge >= 0.3 is 0 Å². The van der Waals surface area contributed by atoms with E-state index in [2.05, 4.69) is 12.2 Å². The molecule has 1 aliphatic heterocycles. The lowest BCUT2D eigenvalue weighted by atomic mass is 9.82. The fraction of sp³-hybridized carbons (Fsp3) is 0.933. The standard InChI is InChI=1S/C15H26N2S/c1-12-5-4-6-13(9-12)10-16-14-17-15(11-18-14)7-2-3-8-15/h12-13H,2-11H2,1H3,(H,16,17). The van der Waals surface area contributed by atoms with Gasteiger partial charge in [0, 0.05) is 17.8 Å². The van der Waals surface area contributed by atoms with E-state index >= 15 is 0 Å². The van der Waals surface area contributed by atoms with E-state index in [0.717, 1.165) is 18.4 Å². The maximum atomic E-state index is 4.87. The molecule has 0 aromatic heterocycles. The van der Waals surface area contributed by atoms with Gasteiger partial charge in [-0.3, -0.25) is 4.99 Å². The molecule has 3 aliphatic rings. The maximum absolute atomic E-state index is 4.87. The smallest absolute Gasteiger partial charge is 0.157 e. The topological polar surface area (TPSA) is 24.4 Å². The Morgan fingerprint density at radius 2 is 2.11 bits per heavy atom. The molecule has 0 bridgehead atoms. The monoisotopic (exact) mass is 266 g/mol. The first-order valence-corrected chi connectivity index (χ1v) is 8.70. The van der Waals surface area contributed by atoms with Crippen molar-refractivity contribution in [2.24, 2.45) is 16.8 Å². The molecule has 3 fully saturated rings. The molecule has 2 unspecified atom stereocenters. The zero-order valence-electron chi connectivity index (χ0n) is 11.6. The van der Waals surface area contributed by atoms with Crippen molar-refractivity contribution in [1.82, 2.24) is 5.32 Å². The van der Waals surface area contributed by atoms with Gasteiger partial charge < -0.3 is 5.32 Å². The van der Waals surface area contributed by atoms with Crippen molar-refractivity contribution < 1.29 is 0 Å². The van der Waals surface area contributed by atoms with Crippen LogP contribution in [0.4, 0.5) is 0 Å². The quantitative estimate of drug-likeness (QED) is 0.821. The molecular formula is C15H26N2S. The Balaban J connectivity index is 1.51. The van der Waals surface area contributed by atoms with Crippen molar-refractivity contribution in [2.75, 3.05) is 12.3 Å². The second-order valence-electron chi connectivity index (χ2n) is 6.68. The van der Waals surface area contributed by atoms with Gasteiger partial charge in [0.2, 0.25) is 0 Å². The van der Waals surface area contributed by atoms with Crippen LogP contribution < -0.4 is 5.32 Å². The number of amidine groups is 1. The van der Waals surface area contributed by atoms with E-state index in [1.54, 1.807) is 0 Å². The van der Waals surface area contributed by atoms with E-state index in [0.29, 0.717) is 5.54 Å². The van der Waals surface area contributed by atoms with E-state index < -0.39 is 0 Å². The van der Waals surface area contributed by atoms with Crippen LogP contribution in [-0.2, 0) is 0 Å². The van der Waals surface area contributed by atoms with Crippen molar-refractivity contribution >= 4 is 16.9 Å². The summed E-state index contributed by atoms with van der Waals surface area (Å²) in [4.78, 5) is 4.87. The second-order valence-corrected chi connectivity index (χ2v) is 7.65. The van der Waals surface area contributed by atoms with Gasteiger partial charge in [-0.2, -0.15) is 0 Å². The molecule has 2 nitrogen and oxygen atoms in total. The second kappa shape index (κ2) is 5.44. The van der Waals surface area contributed by atoms with Crippen molar-refractivity contribution in [3.05, 3.63) is 0 Å². The van der Waals surface area contributed by atoms with Crippen LogP contribution in [0.25, 0.3) is 0 Å². The molecular weight excluding hydrogens is 240 g/mol. The van der Waals surface area contributed by atoms with Gasteiger partial charge in [-0.05, 0) is 37.5 Å². The zero-order valence-corrected chi connectivity index (χ0v) is 12.4. The molecule has 0 amide bonds. The molecule has 1 heterocycles. The third-order valence-corrected chi connectivity index (χ3v) is 6.16.